The highest BCUT2D eigenvalue weighted by Crippen LogP contribution is 2.40. The van der Waals surface area contributed by atoms with Crippen LogP contribution in [-0.4, -0.2) is 46.6 Å². The van der Waals surface area contributed by atoms with Gasteiger partial charge in [0.2, 0.25) is 0 Å². The number of thiol groups is 1. The molecule has 0 unspecified atom stereocenters. The predicted molar refractivity (Wildman–Crippen MR) is 284 cm³/mol. The summed E-state index contributed by atoms with van der Waals surface area (Å²) in [6.45, 7) is 0.721. The first-order valence-corrected chi connectivity index (χ1v) is 24.5. The van der Waals surface area contributed by atoms with E-state index >= 15 is 0 Å². The van der Waals surface area contributed by atoms with Gasteiger partial charge in [-0.05, 0) is 89.9 Å². The fourth-order valence-electron chi connectivity index (χ4n) is 9.35. The molecule has 8 aromatic rings. The molecule has 0 radical (unpaired) electrons. The zero-order chi connectivity index (χ0) is 46.1. The number of nitrogens with one attached hydrogen (secondary N) is 3. The number of anilines is 1. The molecule has 1 amide bonds. The van der Waals surface area contributed by atoms with E-state index in [4.69, 9.17) is 9.97 Å². The van der Waals surface area contributed by atoms with Crippen molar-refractivity contribution < 1.29 is 4.79 Å². The van der Waals surface area contributed by atoms with Gasteiger partial charge in [-0.15, -0.1) is 5.10 Å². The zero-order valence-electron chi connectivity index (χ0n) is 38.0. The zero-order valence-corrected chi connectivity index (χ0v) is 38.9. The van der Waals surface area contributed by atoms with Crippen LogP contribution in [0.5, 0.6) is 0 Å². The molecule has 4 aromatic heterocycles. The number of hydrogen-bond acceptors (Lipinski definition) is 6. The van der Waals surface area contributed by atoms with E-state index < -0.39 is 0 Å². The van der Waals surface area contributed by atoms with Crippen molar-refractivity contribution in [1.29, 1.82) is 0 Å². The van der Waals surface area contributed by atoms with E-state index in [1.54, 1.807) is 10.9 Å². The summed E-state index contributed by atoms with van der Waals surface area (Å²) < 4.78 is 1.78. The van der Waals surface area contributed by atoms with Crippen molar-refractivity contribution in [3.63, 3.8) is 0 Å². The molecule has 2 aliphatic rings. The lowest BCUT2D eigenvalue weighted by Gasteiger charge is -2.12. The van der Waals surface area contributed by atoms with Gasteiger partial charge < -0.3 is 15.3 Å². The highest BCUT2D eigenvalue weighted by molar-refractivity contribution is 7.80. The molecular formula is C58H54N8OS. The van der Waals surface area contributed by atoms with E-state index in [0.717, 1.165) is 114 Å². The smallest absolute Gasteiger partial charge is 0.277 e. The van der Waals surface area contributed by atoms with Crippen molar-refractivity contribution in [3.05, 3.63) is 174 Å². The molecule has 68 heavy (non-hydrogen) atoms. The second-order valence-electron chi connectivity index (χ2n) is 17.4. The van der Waals surface area contributed by atoms with Crippen LogP contribution in [0.2, 0.25) is 0 Å². The first-order valence-electron chi connectivity index (χ1n) is 23.9. The molecule has 3 N–H and O–H groups in total. The third kappa shape index (κ3) is 9.78. The summed E-state index contributed by atoms with van der Waals surface area (Å²) in [7, 11) is 0. The Hall–Kier alpha value is -7.56. The predicted octanol–water partition coefficient (Wildman–Crippen LogP) is 14.6. The van der Waals surface area contributed by atoms with E-state index in [1.165, 1.54) is 44.9 Å². The van der Waals surface area contributed by atoms with Crippen LogP contribution in [0.4, 0.5) is 5.69 Å². The molecule has 2 aliphatic heterocycles. The molecule has 8 bridgehead atoms. The average Bonchev–Trinajstić information content (AvgIpc) is 4.25. The minimum atomic E-state index is -0.328. The quantitative estimate of drug-likeness (QED) is 0.0536. The number of carbonyl (C=O) groups excluding carboxylic acids is 1. The summed E-state index contributed by atoms with van der Waals surface area (Å²) in [5.74, 6) is 0.652. The minimum Gasteiger partial charge on any atom is -0.354 e. The molecular weight excluding hydrogens is 857 g/mol. The van der Waals surface area contributed by atoms with Gasteiger partial charge in [-0.2, -0.15) is 12.6 Å². The van der Waals surface area contributed by atoms with Crippen molar-refractivity contribution >= 4 is 70.6 Å². The number of aromatic amines is 2. The number of aryl methyl sites for hydroxylation is 1. The molecule has 6 heterocycles. The van der Waals surface area contributed by atoms with Crippen LogP contribution >= 0.6 is 12.6 Å². The first-order chi connectivity index (χ1) is 33.6. The van der Waals surface area contributed by atoms with Gasteiger partial charge in [0.1, 0.15) is 0 Å². The van der Waals surface area contributed by atoms with Crippen molar-refractivity contribution in [2.24, 2.45) is 0 Å². The third-order valence-corrected chi connectivity index (χ3v) is 13.0. The Morgan fingerprint density at radius 2 is 0.897 bits per heavy atom. The largest absolute Gasteiger partial charge is 0.354 e. The van der Waals surface area contributed by atoms with Crippen molar-refractivity contribution in [2.45, 2.75) is 64.3 Å². The van der Waals surface area contributed by atoms with Gasteiger partial charge in [-0.1, -0.05) is 159 Å². The third-order valence-electron chi connectivity index (χ3n) is 12.7. The highest BCUT2D eigenvalue weighted by atomic mass is 32.1. The second-order valence-corrected chi connectivity index (χ2v) is 17.8. The number of carbonyl (C=O) groups is 1. The topological polar surface area (TPSA) is 117 Å². The van der Waals surface area contributed by atoms with Crippen LogP contribution in [0.1, 0.15) is 91.1 Å². The van der Waals surface area contributed by atoms with Crippen LogP contribution < -0.4 is 5.32 Å². The standard InChI is InChI=1S/C58H54N8OS/c67-58(53-39-66(65-64-53)37-19-6-4-2-1-3-5-7-20-38-68)63-44-28-18-17-27-43(44)57-51-35-33-49(61-51)55(41-23-13-9-14-24-41)47-31-29-45(59-47)54(40-21-11-8-12-22-40)46-30-32-48(60-46)56(42-25-15-10-16-26-42)50-34-36-52(57)62-50/h8-18,21-36,39,59,62,68H,1-7,19-20,37-38H2,(H,63,67). The molecule has 0 spiro atoms. The van der Waals surface area contributed by atoms with Gasteiger partial charge in [0, 0.05) is 62.1 Å². The Morgan fingerprint density at radius 3 is 1.38 bits per heavy atom. The monoisotopic (exact) mass is 910 g/mol. The minimum absolute atomic E-state index is 0.267. The van der Waals surface area contributed by atoms with Crippen LogP contribution in [0.25, 0.3) is 90.9 Å². The fraction of sp³-hybridized carbons (Fsp3) is 0.190. The van der Waals surface area contributed by atoms with E-state index in [9.17, 15) is 4.79 Å². The number of unbranched alkanes of at least 4 members (excludes halogenated alkanes) is 8. The number of H-pyrrole nitrogens is 2. The van der Waals surface area contributed by atoms with Gasteiger partial charge in [-0.25, -0.2) is 9.97 Å². The molecule has 0 saturated heterocycles. The summed E-state index contributed by atoms with van der Waals surface area (Å²) in [6.07, 6.45) is 21.1. The fourth-order valence-corrected chi connectivity index (χ4v) is 9.57. The lowest BCUT2D eigenvalue weighted by atomic mass is 10.0. The highest BCUT2D eigenvalue weighted by Gasteiger charge is 2.21. The number of nitrogens with zero attached hydrogens (tertiary/aromatic N) is 5. The lowest BCUT2D eigenvalue weighted by molar-refractivity contribution is 0.102. The van der Waals surface area contributed by atoms with Crippen LogP contribution in [0.15, 0.2) is 146 Å². The molecule has 4 aromatic carbocycles. The summed E-state index contributed by atoms with van der Waals surface area (Å²) >= 11 is 4.32. The number of rotatable bonds is 17. The number of amides is 1. The Kier molecular flexibility index (Phi) is 13.6. The van der Waals surface area contributed by atoms with Crippen molar-refractivity contribution in [2.75, 3.05) is 11.1 Å². The summed E-state index contributed by atoms with van der Waals surface area (Å²) in [6, 6.07) is 47.6. The molecule has 9 nitrogen and oxygen atoms in total. The van der Waals surface area contributed by atoms with Crippen LogP contribution in [-0.2, 0) is 6.54 Å². The Bertz CT molecular complexity index is 3240. The Balaban J connectivity index is 1.08. The van der Waals surface area contributed by atoms with Crippen molar-refractivity contribution in [3.8, 4) is 44.5 Å². The number of benzene rings is 4. The number of hydrogen-bond donors (Lipinski definition) is 4. The van der Waals surface area contributed by atoms with Gasteiger partial charge in [-0.3, -0.25) is 9.48 Å². The van der Waals surface area contributed by atoms with Crippen LogP contribution in [0.3, 0.4) is 0 Å². The SMILES string of the molecule is O=C(Nc1ccccc1-c1c2nc(c(-c3ccccc3)c3ccc([nH]3)c(-c3ccccc3)c3nc(c(-c4ccccc4)c4ccc1[nH]4)C=C3)C=C2)c1cn(CCCCCCCCCCCS)nn1. The molecule has 338 valence electrons. The van der Waals surface area contributed by atoms with Gasteiger partial charge >= 0.3 is 0 Å². The molecule has 0 fully saturated rings. The van der Waals surface area contributed by atoms with E-state index in [1.807, 2.05) is 42.5 Å². The number of aromatic nitrogens is 7. The Labute approximate surface area is 402 Å². The maximum absolute atomic E-state index is 14.0. The Morgan fingerprint density at radius 1 is 0.485 bits per heavy atom. The lowest BCUT2D eigenvalue weighted by Crippen LogP contribution is -2.13. The number of fused-ring (bicyclic) bond motifs is 8. The molecule has 0 aliphatic carbocycles. The maximum atomic E-state index is 14.0. The average molecular weight is 911 g/mol. The second kappa shape index (κ2) is 20.9. The number of para-hydroxylation sites is 1. The van der Waals surface area contributed by atoms with Gasteiger partial charge in [0.15, 0.2) is 5.69 Å². The normalized spacial score (nSPS) is 11.9. The molecule has 10 rings (SSSR count). The molecule has 0 saturated carbocycles. The molecule has 10 heteroatoms. The maximum Gasteiger partial charge on any atom is 0.277 e. The van der Waals surface area contributed by atoms with E-state index in [0.29, 0.717) is 5.69 Å². The van der Waals surface area contributed by atoms with E-state index in [2.05, 4.69) is 160 Å². The molecule has 0 atom stereocenters. The first kappa shape index (κ1) is 44.3. The summed E-state index contributed by atoms with van der Waals surface area (Å²) in [5.41, 5.74) is 15.4. The van der Waals surface area contributed by atoms with Crippen molar-refractivity contribution in [1.82, 2.24) is 34.9 Å². The van der Waals surface area contributed by atoms with Crippen LogP contribution in [0, 0.1) is 0 Å². The van der Waals surface area contributed by atoms with Gasteiger partial charge in [0.25, 0.3) is 5.91 Å². The van der Waals surface area contributed by atoms with E-state index in [-0.39, 0.29) is 11.6 Å². The summed E-state index contributed by atoms with van der Waals surface area (Å²) in [5, 5.41) is 11.8. The summed E-state index contributed by atoms with van der Waals surface area (Å²) in [4.78, 5) is 32.5. The van der Waals surface area contributed by atoms with Gasteiger partial charge in [0.05, 0.1) is 29.0 Å².